The van der Waals surface area contributed by atoms with Crippen molar-refractivity contribution >= 4 is 5.97 Å². The van der Waals surface area contributed by atoms with Gasteiger partial charge in [0.15, 0.2) is 0 Å². The summed E-state index contributed by atoms with van der Waals surface area (Å²) in [7, 11) is 0. The Balaban J connectivity index is 2.21. The van der Waals surface area contributed by atoms with E-state index in [0.717, 1.165) is 11.5 Å². The molecule has 0 aromatic carbocycles. The topological polar surface area (TPSA) is 49.3 Å². The molecule has 80 valence electrons. The zero-order chi connectivity index (χ0) is 10.6. The van der Waals surface area contributed by atoms with Crippen LogP contribution in [0.5, 0.6) is 0 Å². The average Bonchev–Trinajstić information content (AvgIpc) is 1.96. The molecule has 1 aliphatic carbocycles. The lowest BCUT2D eigenvalue weighted by atomic mass is 9.80. The first-order valence-corrected chi connectivity index (χ1v) is 5.23. The van der Waals surface area contributed by atoms with Crippen LogP contribution in [0.25, 0.3) is 0 Å². The molecular weight excluding hydrogens is 178 g/mol. The van der Waals surface area contributed by atoms with Gasteiger partial charge in [0, 0.05) is 18.7 Å². The van der Waals surface area contributed by atoms with Gasteiger partial charge in [-0.15, -0.1) is 0 Å². The number of hydrogen-bond donors (Lipinski definition) is 2. The van der Waals surface area contributed by atoms with Crippen LogP contribution in [0, 0.1) is 5.92 Å². The lowest BCUT2D eigenvalue weighted by Gasteiger charge is -2.32. The van der Waals surface area contributed by atoms with Crippen LogP contribution < -0.4 is 5.32 Å². The fourth-order valence-corrected chi connectivity index (χ4v) is 1.69. The van der Waals surface area contributed by atoms with E-state index in [1.54, 1.807) is 0 Å². The van der Waals surface area contributed by atoms with Crippen molar-refractivity contribution in [3.63, 3.8) is 0 Å². The van der Waals surface area contributed by atoms with Gasteiger partial charge in [0.2, 0.25) is 0 Å². The third kappa shape index (κ3) is 3.50. The molecule has 0 spiro atoms. The van der Waals surface area contributed by atoms with Gasteiger partial charge in [-0.1, -0.05) is 12.0 Å². The molecular formula is C11H19NO2. The second-order valence-electron chi connectivity index (χ2n) is 4.19. The molecule has 3 heteroatoms. The van der Waals surface area contributed by atoms with Gasteiger partial charge in [-0.25, -0.2) is 4.79 Å². The van der Waals surface area contributed by atoms with Crippen LogP contribution in [0.3, 0.4) is 0 Å². The van der Waals surface area contributed by atoms with E-state index in [9.17, 15) is 4.79 Å². The smallest absolute Gasteiger partial charge is 0.328 e. The summed E-state index contributed by atoms with van der Waals surface area (Å²) in [6.45, 7) is 4.70. The molecule has 1 aliphatic rings. The predicted octanol–water partition coefficient (Wildman–Crippen LogP) is 1.80. The Morgan fingerprint density at radius 3 is 2.71 bits per heavy atom. The Hall–Kier alpha value is -0.830. The van der Waals surface area contributed by atoms with Gasteiger partial charge in [-0.3, -0.25) is 0 Å². The second kappa shape index (κ2) is 5.15. The summed E-state index contributed by atoms with van der Waals surface area (Å²) >= 11 is 0. The van der Waals surface area contributed by atoms with Crippen LogP contribution in [0.4, 0.5) is 0 Å². The van der Waals surface area contributed by atoms with Crippen LogP contribution in [-0.4, -0.2) is 23.7 Å². The summed E-state index contributed by atoms with van der Waals surface area (Å²) in [6.07, 6.45) is 5.24. The Morgan fingerprint density at radius 2 is 2.29 bits per heavy atom. The third-order valence-corrected chi connectivity index (χ3v) is 2.93. The zero-order valence-electron chi connectivity index (χ0n) is 8.92. The molecule has 1 saturated carbocycles. The van der Waals surface area contributed by atoms with Crippen molar-refractivity contribution in [2.24, 2.45) is 5.92 Å². The molecule has 0 amide bonds. The van der Waals surface area contributed by atoms with Gasteiger partial charge in [0.25, 0.3) is 0 Å². The minimum atomic E-state index is -0.861. The minimum Gasteiger partial charge on any atom is -0.478 e. The maximum Gasteiger partial charge on any atom is 0.328 e. The van der Waals surface area contributed by atoms with E-state index >= 15 is 0 Å². The number of rotatable bonds is 5. The lowest BCUT2D eigenvalue weighted by Crippen LogP contribution is -2.37. The minimum absolute atomic E-state index is 0.515. The first-order valence-electron chi connectivity index (χ1n) is 5.23. The Morgan fingerprint density at radius 1 is 1.64 bits per heavy atom. The van der Waals surface area contributed by atoms with Gasteiger partial charge in [-0.05, 0) is 32.6 Å². The Labute approximate surface area is 85.2 Å². The molecule has 3 nitrogen and oxygen atoms in total. The highest BCUT2D eigenvalue weighted by Crippen LogP contribution is 2.29. The summed E-state index contributed by atoms with van der Waals surface area (Å²) in [5.74, 6) is -0.0618. The van der Waals surface area contributed by atoms with Crippen molar-refractivity contribution in [3.05, 3.63) is 11.6 Å². The Kier molecular flexibility index (Phi) is 4.14. The third-order valence-electron chi connectivity index (χ3n) is 2.93. The van der Waals surface area contributed by atoms with Crippen LogP contribution in [0.1, 0.15) is 33.1 Å². The molecule has 1 atom stereocenters. The standard InChI is InChI=1S/C11H19NO2/c1-8(6-11(13)14)7-12-9(2)10-4-3-5-10/h6,9-10,12H,3-5,7H2,1-2H3,(H,13,14). The molecule has 0 aliphatic heterocycles. The van der Waals surface area contributed by atoms with Crippen LogP contribution in [0.2, 0.25) is 0 Å². The monoisotopic (exact) mass is 197 g/mol. The molecule has 2 N–H and O–H groups in total. The van der Waals surface area contributed by atoms with Crippen LogP contribution >= 0.6 is 0 Å². The molecule has 0 radical (unpaired) electrons. The normalized spacial score (nSPS) is 20.3. The molecule has 0 saturated heterocycles. The highest BCUT2D eigenvalue weighted by Gasteiger charge is 2.23. The van der Waals surface area contributed by atoms with Gasteiger partial charge >= 0.3 is 5.97 Å². The molecule has 0 aromatic rings. The van der Waals surface area contributed by atoms with Crippen molar-refractivity contribution < 1.29 is 9.90 Å². The van der Waals surface area contributed by atoms with Crippen LogP contribution in [-0.2, 0) is 4.79 Å². The largest absolute Gasteiger partial charge is 0.478 e. The number of hydrogen-bond acceptors (Lipinski definition) is 2. The van der Waals surface area contributed by atoms with E-state index in [-0.39, 0.29) is 0 Å². The van der Waals surface area contributed by atoms with Crippen molar-refractivity contribution in [3.8, 4) is 0 Å². The number of nitrogens with one attached hydrogen (secondary N) is 1. The summed E-state index contributed by atoms with van der Waals surface area (Å²) in [5.41, 5.74) is 0.878. The number of carbonyl (C=O) groups is 1. The molecule has 1 unspecified atom stereocenters. The first-order chi connectivity index (χ1) is 6.59. The summed E-state index contributed by atoms with van der Waals surface area (Å²) < 4.78 is 0. The van der Waals surface area contributed by atoms with E-state index in [2.05, 4.69) is 12.2 Å². The highest BCUT2D eigenvalue weighted by atomic mass is 16.4. The number of carboxylic acid groups (broad SMARTS) is 1. The van der Waals surface area contributed by atoms with E-state index in [1.165, 1.54) is 25.3 Å². The molecule has 1 fully saturated rings. The van der Waals surface area contributed by atoms with Crippen molar-refractivity contribution in [1.29, 1.82) is 0 Å². The summed E-state index contributed by atoms with van der Waals surface area (Å²) in [5, 5.41) is 11.9. The predicted molar refractivity (Wildman–Crippen MR) is 56.2 cm³/mol. The second-order valence-corrected chi connectivity index (χ2v) is 4.19. The number of aliphatic carboxylic acids is 1. The molecule has 0 bridgehead atoms. The fourth-order valence-electron chi connectivity index (χ4n) is 1.69. The van der Waals surface area contributed by atoms with E-state index in [4.69, 9.17) is 5.11 Å². The lowest BCUT2D eigenvalue weighted by molar-refractivity contribution is -0.131. The average molecular weight is 197 g/mol. The molecule has 0 aromatic heterocycles. The maximum absolute atomic E-state index is 10.4. The van der Waals surface area contributed by atoms with E-state index in [0.29, 0.717) is 12.6 Å². The quantitative estimate of drug-likeness (QED) is 0.661. The van der Waals surface area contributed by atoms with E-state index < -0.39 is 5.97 Å². The van der Waals surface area contributed by atoms with Gasteiger partial charge in [-0.2, -0.15) is 0 Å². The molecule has 14 heavy (non-hydrogen) atoms. The highest BCUT2D eigenvalue weighted by molar-refractivity contribution is 5.80. The maximum atomic E-state index is 10.4. The van der Waals surface area contributed by atoms with Gasteiger partial charge < -0.3 is 10.4 Å². The first kappa shape index (κ1) is 11.2. The fraction of sp³-hybridized carbons (Fsp3) is 0.727. The van der Waals surface area contributed by atoms with Crippen molar-refractivity contribution in [2.45, 2.75) is 39.2 Å². The van der Waals surface area contributed by atoms with Crippen molar-refractivity contribution in [2.75, 3.05) is 6.54 Å². The van der Waals surface area contributed by atoms with Gasteiger partial charge in [0.05, 0.1) is 0 Å². The van der Waals surface area contributed by atoms with Crippen LogP contribution in [0.15, 0.2) is 11.6 Å². The number of carboxylic acids is 1. The Bertz CT molecular complexity index is 231. The van der Waals surface area contributed by atoms with E-state index in [1.807, 2.05) is 6.92 Å². The summed E-state index contributed by atoms with van der Waals surface area (Å²) in [4.78, 5) is 10.4. The molecule has 0 heterocycles. The summed E-state index contributed by atoms with van der Waals surface area (Å²) in [6, 6.07) is 0.515. The SMILES string of the molecule is CC(=CC(=O)O)CNC(C)C1CCC1. The molecule has 1 rings (SSSR count). The zero-order valence-corrected chi connectivity index (χ0v) is 8.92. The van der Waals surface area contributed by atoms with Crippen molar-refractivity contribution in [1.82, 2.24) is 5.32 Å². The van der Waals surface area contributed by atoms with Gasteiger partial charge in [0.1, 0.15) is 0 Å².